The predicted octanol–water partition coefficient (Wildman–Crippen LogP) is 4.25. The van der Waals surface area contributed by atoms with Crippen molar-refractivity contribution in [3.8, 4) is 0 Å². The molecule has 35 heavy (non-hydrogen) atoms. The van der Waals surface area contributed by atoms with Crippen LogP contribution in [0.5, 0.6) is 0 Å². The van der Waals surface area contributed by atoms with E-state index in [-0.39, 0.29) is 11.3 Å². The number of aliphatic carboxylic acids is 1. The number of carboxylic acids is 1. The van der Waals surface area contributed by atoms with Crippen molar-refractivity contribution in [2.24, 2.45) is 17.3 Å². The first-order chi connectivity index (χ1) is 16.4. The molecule has 7 nitrogen and oxygen atoms in total. The fraction of sp³-hybridized carbons (Fsp3) is 0.429. The van der Waals surface area contributed by atoms with Gasteiger partial charge >= 0.3 is 11.7 Å². The van der Waals surface area contributed by atoms with E-state index >= 15 is 0 Å². The molecule has 1 aromatic carbocycles. The molecule has 0 aliphatic carbocycles. The molecule has 0 aliphatic rings. The highest BCUT2D eigenvalue weighted by Gasteiger charge is 2.42. The van der Waals surface area contributed by atoms with E-state index < -0.39 is 28.6 Å². The summed E-state index contributed by atoms with van der Waals surface area (Å²) in [6.07, 6.45) is 6.61. The number of aromatic nitrogens is 3. The third-order valence-corrected chi connectivity index (χ3v) is 7.61. The first kappa shape index (κ1) is 26.1. The Morgan fingerprint density at radius 2 is 1.60 bits per heavy atom. The zero-order chi connectivity index (χ0) is 25.8. The lowest BCUT2D eigenvalue weighted by Crippen LogP contribution is -2.40. The van der Waals surface area contributed by atoms with Crippen LogP contribution >= 0.6 is 0 Å². The van der Waals surface area contributed by atoms with Crippen molar-refractivity contribution in [3.63, 3.8) is 0 Å². The van der Waals surface area contributed by atoms with E-state index in [1.165, 1.54) is 22.4 Å². The summed E-state index contributed by atoms with van der Waals surface area (Å²) in [6, 6.07) is 13.5. The molecule has 0 spiro atoms. The molecule has 2 heterocycles. The van der Waals surface area contributed by atoms with Gasteiger partial charge in [-0.3, -0.25) is 24.1 Å². The quantitative estimate of drug-likeness (QED) is 0.454. The number of benzene rings is 1. The number of carbonyl (C=O) groups is 1. The first-order valence-corrected chi connectivity index (χ1v) is 11.9. The number of pyridine rings is 1. The van der Waals surface area contributed by atoms with Gasteiger partial charge in [-0.05, 0) is 58.4 Å². The lowest BCUT2D eigenvalue weighted by atomic mass is 9.60. The largest absolute Gasteiger partial charge is 0.481 e. The second-order valence-corrected chi connectivity index (χ2v) is 10.5. The van der Waals surface area contributed by atoms with Crippen molar-refractivity contribution in [1.29, 1.82) is 0 Å². The van der Waals surface area contributed by atoms with Crippen LogP contribution < -0.4 is 11.2 Å². The van der Waals surface area contributed by atoms with Crippen LogP contribution in [-0.2, 0) is 23.2 Å². The molecular weight excluding hydrogens is 442 g/mol. The molecule has 0 radical (unpaired) electrons. The molecule has 7 heteroatoms. The van der Waals surface area contributed by atoms with Gasteiger partial charge in [-0.1, -0.05) is 58.9 Å². The molecule has 3 unspecified atom stereocenters. The van der Waals surface area contributed by atoms with Gasteiger partial charge in [0, 0.05) is 24.7 Å². The zero-order valence-corrected chi connectivity index (χ0v) is 21.1. The van der Waals surface area contributed by atoms with Crippen molar-refractivity contribution >= 4 is 5.97 Å². The second-order valence-electron chi connectivity index (χ2n) is 10.5. The van der Waals surface area contributed by atoms with Crippen molar-refractivity contribution in [3.05, 3.63) is 98.6 Å². The van der Waals surface area contributed by atoms with Crippen LogP contribution in [0.25, 0.3) is 0 Å². The Hall–Kier alpha value is -3.48. The van der Waals surface area contributed by atoms with Crippen LogP contribution in [0, 0.1) is 17.3 Å². The van der Waals surface area contributed by atoms with Gasteiger partial charge in [-0.15, -0.1) is 0 Å². The highest BCUT2D eigenvalue weighted by molar-refractivity contribution is 5.70. The fourth-order valence-electron chi connectivity index (χ4n) is 4.85. The molecule has 0 fully saturated rings. The molecule has 2 aromatic heterocycles. The topological polar surface area (TPSA) is 105 Å². The molecule has 0 saturated carbocycles. The Bertz CT molecular complexity index is 1260. The lowest BCUT2D eigenvalue weighted by molar-refractivity contribution is -0.145. The van der Waals surface area contributed by atoms with Gasteiger partial charge < -0.3 is 5.11 Å². The molecule has 0 aliphatic heterocycles. The van der Waals surface area contributed by atoms with Crippen LogP contribution in [0.2, 0.25) is 0 Å². The summed E-state index contributed by atoms with van der Waals surface area (Å²) in [4.78, 5) is 41.5. The van der Waals surface area contributed by atoms with E-state index in [9.17, 15) is 19.5 Å². The smallest absolute Gasteiger partial charge is 0.328 e. The lowest BCUT2D eigenvalue weighted by Gasteiger charge is -2.44. The summed E-state index contributed by atoms with van der Waals surface area (Å²) in [5.41, 5.74) is 1.77. The van der Waals surface area contributed by atoms with Gasteiger partial charge in [0.15, 0.2) is 0 Å². The maximum Gasteiger partial charge on any atom is 0.328 e. The van der Waals surface area contributed by atoms with Crippen LogP contribution in [0.1, 0.15) is 57.7 Å². The minimum Gasteiger partial charge on any atom is -0.481 e. The van der Waals surface area contributed by atoms with Crippen LogP contribution in [-0.4, -0.2) is 25.6 Å². The van der Waals surface area contributed by atoms with Crippen molar-refractivity contribution < 1.29 is 9.90 Å². The van der Waals surface area contributed by atoms with E-state index in [0.717, 1.165) is 17.5 Å². The van der Waals surface area contributed by atoms with E-state index in [4.69, 9.17) is 0 Å². The number of hydrogen-bond donors (Lipinski definition) is 2. The molecule has 0 bridgehead atoms. The Balaban J connectivity index is 1.83. The van der Waals surface area contributed by atoms with Gasteiger partial charge in [0.25, 0.3) is 5.56 Å². The van der Waals surface area contributed by atoms with Crippen molar-refractivity contribution in [2.45, 2.75) is 59.4 Å². The average Bonchev–Trinajstić information content (AvgIpc) is 2.81. The minimum atomic E-state index is -0.781. The fourth-order valence-corrected chi connectivity index (χ4v) is 4.85. The zero-order valence-electron chi connectivity index (χ0n) is 21.1. The maximum atomic E-state index is 12.0. The number of carboxylic acid groups (broad SMARTS) is 1. The minimum absolute atomic E-state index is 0.220. The number of rotatable bonds is 10. The van der Waals surface area contributed by atoms with Gasteiger partial charge in [0.1, 0.15) is 0 Å². The van der Waals surface area contributed by atoms with Crippen LogP contribution in [0.4, 0.5) is 0 Å². The normalized spacial score (nSPS) is 15.2. The summed E-state index contributed by atoms with van der Waals surface area (Å²) in [5, 5.41) is 9.67. The highest BCUT2D eigenvalue weighted by atomic mass is 16.4. The average molecular weight is 478 g/mol. The highest BCUT2D eigenvalue weighted by Crippen LogP contribution is 2.46. The Kier molecular flexibility index (Phi) is 7.78. The van der Waals surface area contributed by atoms with Crippen molar-refractivity contribution in [2.75, 3.05) is 0 Å². The van der Waals surface area contributed by atoms with Gasteiger partial charge in [-0.2, -0.15) is 0 Å². The molecular formula is C28H35N3O4. The molecule has 2 N–H and O–H groups in total. The van der Waals surface area contributed by atoms with Crippen LogP contribution in [0.15, 0.2) is 70.6 Å². The Morgan fingerprint density at radius 1 is 1.00 bits per heavy atom. The first-order valence-electron chi connectivity index (χ1n) is 11.9. The molecule has 3 atom stereocenters. The molecule has 0 amide bonds. The second kappa shape index (κ2) is 10.4. The summed E-state index contributed by atoms with van der Waals surface area (Å²) in [7, 11) is 0. The number of hydrogen-bond acceptors (Lipinski definition) is 4. The summed E-state index contributed by atoms with van der Waals surface area (Å²) in [5.74, 6) is -1.04. The van der Waals surface area contributed by atoms with Gasteiger partial charge in [0.2, 0.25) is 0 Å². The van der Waals surface area contributed by atoms with E-state index in [1.807, 2.05) is 38.1 Å². The standard InChI is InChI=1S/C28H35N3O4/c1-19(16-21-6-8-22(9-7-21)17-31-15-12-24(32)30-26(31)35)28(5,23-10-13-29-14-11-23)18-27(3,4)20(2)25(33)34/h6-15,19-20H,16-18H2,1-5H3,(H,33,34)(H,30,32,35). The third-order valence-electron chi connectivity index (χ3n) is 7.61. The number of nitrogens with zero attached hydrogens (tertiary/aromatic N) is 2. The number of H-pyrrole nitrogens is 1. The van der Waals surface area contributed by atoms with Crippen LogP contribution in [0.3, 0.4) is 0 Å². The Labute approximate surface area is 205 Å². The van der Waals surface area contributed by atoms with Gasteiger partial charge in [-0.25, -0.2) is 4.79 Å². The summed E-state index contributed by atoms with van der Waals surface area (Å²) < 4.78 is 1.46. The third kappa shape index (κ3) is 6.15. The molecule has 3 rings (SSSR count). The van der Waals surface area contributed by atoms with E-state index in [0.29, 0.717) is 13.0 Å². The number of aromatic amines is 1. The SMILES string of the molecule is CC(C(=O)O)C(C)(C)CC(C)(c1ccncc1)C(C)Cc1ccc(Cn2ccc(=O)[nH]c2=O)cc1. The monoisotopic (exact) mass is 477 g/mol. The van der Waals surface area contributed by atoms with E-state index in [2.05, 4.69) is 35.9 Å². The Morgan fingerprint density at radius 3 is 2.17 bits per heavy atom. The number of nitrogens with one attached hydrogen (secondary N) is 1. The molecule has 3 aromatic rings. The van der Waals surface area contributed by atoms with Crippen molar-refractivity contribution in [1.82, 2.24) is 14.5 Å². The predicted molar refractivity (Wildman–Crippen MR) is 137 cm³/mol. The summed E-state index contributed by atoms with van der Waals surface area (Å²) in [6.45, 7) is 10.7. The maximum absolute atomic E-state index is 12.0. The summed E-state index contributed by atoms with van der Waals surface area (Å²) >= 11 is 0. The molecule has 0 saturated heterocycles. The van der Waals surface area contributed by atoms with E-state index in [1.54, 1.807) is 19.3 Å². The van der Waals surface area contributed by atoms with Gasteiger partial charge in [0.05, 0.1) is 12.5 Å². The molecule has 186 valence electrons.